The summed E-state index contributed by atoms with van der Waals surface area (Å²) in [4.78, 5) is 21.3. The standard InChI is InChI=1S/C12H12FNO5/c13-10-4-3-8(6-11(10)14(16)17)12(15)19-7-9-2-1-5-18-9/h3-4,6,9H,1-2,5,7H2. The molecule has 2 rings (SSSR count). The lowest BCUT2D eigenvalue weighted by atomic mass is 10.2. The third-order valence-corrected chi connectivity index (χ3v) is 2.80. The number of hydrogen-bond donors (Lipinski definition) is 0. The predicted octanol–water partition coefficient (Wildman–Crippen LogP) is 2.07. The third kappa shape index (κ3) is 3.25. The summed E-state index contributed by atoms with van der Waals surface area (Å²) in [5.41, 5.74) is -0.794. The molecular formula is C12H12FNO5. The van der Waals surface area contributed by atoms with Gasteiger partial charge < -0.3 is 9.47 Å². The number of benzene rings is 1. The van der Waals surface area contributed by atoms with Gasteiger partial charge in [0.05, 0.1) is 16.6 Å². The maximum absolute atomic E-state index is 13.1. The van der Waals surface area contributed by atoms with Crippen molar-refractivity contribution in [1.82, 2.24) is 0 Å². The van der Waals surface area contributed by atoms with Crippen molar-refractivity contribution in [1.29, 1.82) is 0 Å². The number of hydrogen-bond acceptors (Lipinski definition) is 5. The van der Waals surface area contributed by atoms with E-state index in [9.17, 15) is 19.3 Å². The monoisotopic (exact) mass is 269 g/mol. The molecule has 0 bridgehead atoms. The zero-order valence-corrected chi connectivity index (χ0v) is 10.0. The van der Waals surface area contributed by atoms with Gasteiger partial charge >= 0.3 is 11.7 Å². The maximum Gasteiger partial charge on any atom is 0.338 e. The minimum Gasteiger partial charge on any atom is -0.459 e. The van der Waals surface area contributed by atoms with Crippen LogP contribution in [0.2, 0.25) is 0 Å². The fourth-order valence-corrected chi connectivity index (χ4v) is 1.81. The van der Waals surface area contributed by atoms with E-state index in [0.29, 0.717) is 6.61 Å². The highest BCUT2D eigenvalue weighted by Gasteiger charge is 2.21. The molecule has 1 aromatic rings. The first-order valence-electron chi connectivity index (χ1n) is 5.80. The lowest BCUT2D eigenvalue weighted by molar-refractivity contribution is -0.387. The molecule has 0 saturated carbocycles. The van der Waals surface area contributed by atoms with E-state index in [1.807, 2.05) is 0 Å². The summed E-state index contributed by atoms with van der Waals surface area (Å²) in [6, 6.07) is 2.90. The van der Waals surface area contributed by atoms with Crippen molar-refractivity contribution in [2.45, 2.75) is 18.9 Å². The number of halogens is 1. The van der Waals surface area contributed by atoms with Crippen molar-refractivity contribution < 1.29 is 23.6 Å². The Labute approximate surface area is 108 Å². The highest BCUT2D eigenvalue weighted by molar-refractivity contribution is 5.90. The van der Waals surface area contributed by atoms with Gasteiger partial charge in [-0.3, -0.25) is 10.1 Å². The average Bonchev–Trinajstić information content (AvgIpc) is 2.89. The fraction of sp³-hybridized carbons (Fsp3) is 0.417. The zero-order chi connectivity index (χ0) is 13.8. The zero-order valence-electron chi connectivity index (χ0n) is 10.0. The minimum atomic E-state index is -0.985. The van der Waals surface area contributed by atoms with E-state index in [2.05, 4.69) is 0 Å². The van der Waals surface area contributed by atoms with Crippen LogP contribution in [0.3, 0.4) is 0 Å². The summed E-state index contributed by atoms with van der Waals surface area (Å²) in [5.74, 6) is -1.71. The summed E-state index contributed by atoms with van der Waals surface area (Å²) in [7, 11) is 0. The first kappa shape index (κ1) is 13.4. The van der Waals surface area contributed by atoms with E-state index in [1.54, 1.807) is 0 Å². The van der Waals surface area contributed by atoms with Gasteiger partial charge in [-0.1, -0.05) is 0 Å². The van der Waals surface area contributed by atoms with Crippen LogP contribution in [0.1, 0.15) is 23.2 Å². The van der Waals surface area contributed by atoms with E-state index < -0.39 is 22.4 Å². The Morgan fingerprint density at radius 3 is 3.00 bits per heavy atom. The predicted molar refractivity (Wildman–Crippen MR) is 62.3 cm³/mol. The Hall–Kier alpha value is -2.02. The molecule has 1 aliphatic heterocycles. The number of nitrogens with zero attached hydrogens (tertiary/aromatic N) is 1. The quantitative estimate of drug-likeness (QED) is 0.475. The van der Waals surface area contributed by atoms with E-state index in [0.717, 1.165) is 31.0 Å². The lowest BCUT2D eigenvalue weighted by Gasteiger charge is -2.10. The second-order valence-corrected chi connectivity index (χ2v) is 4.16. The van der Waals surface area contributed by atoms with E-state index in [1.165, 1.54) is 0 Å². The van der Waals surface area contributed by atoms with Crippen LogP contribution in [0.5, 0.6) is 0 Å². The van der Waals surface area contributed by atoms with Gasteiger partial charge in [0.1, 0.15) is 6.61 Å². The minimum absolute atomic E-state index is 0.0499. The molecular weight excluding hydrogens is 257 g/mol. The SMILES string of the molecule is O=C(OCC1CCCO1)c1ccc(F)c([N+](=O)[O-])c1. The Morgan fingerprint density at radius 2 is 2.37 bits per heavy atom. The number of nitro groups is 1. The molecule has 0 spiro atoms. The largest absolute Gasteiger partial charge is 0.459 e. The number of esters is 1. The van der Waals surface area contributed by atoms with Crippen LogP contribution in [0.4, 0.5) is 10.1 Å². The fourth-order valence-electron chi connectivity index (χ4n) is 1.81. The first-order valence-corrected chi connectivity index (χ1v) is 5.80. The molecule has 6 nitrogen and oxygen atoms in total. The second-order valence-electron chi connectivity index (χ2n) is 4.16. The number of nitro benzene ring substituents is 1. The van der Waals surface area contributed by atoms with Crippen LogP contribution < -0.4 is 0 Å². The van der Waals surface area contributed by atoms with Gasteiger partial charge in [0.15, 0.2) is 0 Å². The van der Waals surface area contributed by atoms with Gasteiger partial charge in [0, 0.05) is 12.7 Å². The van der Waals surface area contributed by atoms with Crippen molar-refractivity contribution in [2.24, 2.45) is 0 Å². The molecule has 0 aliphatic carbocycles. The van der Waals surface area contributed by atoms with Crippen LogP contribution in [0.25, 0.3) is 0 Å². The molecule has 19 heavy (non-hydrogen) atoms. The summed E-state index contributed by atoms with van der Waals surface area (Å²) in [5, 5.41) is 10.6. The molecule has 0 amide bonds. The molecule has 1 aliphatic rings. The average molecular weight is 269 g/mol. The van der Waals surface area contributed by atoms with Crippen molar-refractivity contribution >= 4 is 11.7 Å². The summed E-state index contributed by atoms with van der Waals surface area (Å²) >= 11 is 0. The molecule has 0 aromatic heterocycles. The topological polar surface area (TPSA) is 78.7 Å². The molecule has 1 aromatic carbocycles. The van der Waals surface area contributed by atoms with Gasteiger partial charge in [-0.15, -0.1) is 0 Å². The Balaban J connectivity index is 2.02. The van der Waals surface area contributed by atoms with Crippen LogP contribution >= 0.6 is 0 Å². The van der Waals surface area contributed by atoms with Gasteiger partial charge in [0.25, 0.3) is 0 Å². The number of ether oxygens (including phenoxy) is 2. The van der Waals surface area contributed by atoms with Crippen LogP contribution in [-0.2, 0) is 9.47 Å². The molecule has 102 valence electrons. The van der Waals surface area contributed by atoms with Crippen molar-refractivity contribution in [3.8, 4) is 0 Å². The first-order chi connectivity index (χ1) is 9.08. The number of carbonyl (C=O) groups is 1. The van der Waals surface area contributed by atoms with E-state index >= 15 is 0 Å². The normalized spacial score (nSPS) is 18.3. The summed E-state index contributed by atoms with van der Waals surface area (Å²) in [6.45, 7) is 0.744. The lowest BCUT2D eigenvalue weighted by Crippen LogP contribution is -2.18. The van der Waals surface area contributed by atoms with Gasteiger partial charge in [-0.2, -0.15) is 4.39 Å². The third-order valence-electron chi connectivity index (χ3n) is 2.80. The Morgan fingerprint density at radius 1 is 1.58 bits per heavy atom. The van der Waals surface area contributed by atoms with Crippen LogP contribution in [0.15, 0.2) is 18.2 Å². The van der Waals surface area contributed by atoms with E-state index in [4.69, 9.17) is 9.47 Å². The molecule has 1 saturated heterocycles. The van der Waals surface area contributed by atoms with Crippen LogP contribution in [0, 0.1) is 15.9 Å². The summed E-state index contributed by atoms with van der Waals surface area (Å²) in [6.07, 6.45) is 1.61. The highest BCUT2D eigenvalue weighted by Crippen LogP contribution is 2.19. The van der Waals surface area contributed by atoms with E-state index in [-0.39, 0.29) is 18.3 Å². The van der Waals surface area contributed by atoms with Crippen molar-refractivity contribution in [3.05, 3.63) is 39.7 Å². The molecule has 0 radical (unpaired) electrons. The smallest absolute Gasteiger partial charge is 0.338 e. The molecule has 1 heterocycles. The van der Waals surface area contributed by atoms with Gasteiger partial charge in [-0.25, -0.2) is 4.79 Å². The summed E-state index contributed by atoms with van der Waals surface area (Å²) < 4.78 is 23.4. The second kappa shape index (κ2) is 5.75. The molecule has 7 heteroatoms. The molecule has 1 atom stereocenters. The number of rotatable bonds is 4. The van der Waals surface area contributed by atoms with Crippen molar-refractivity contribution in [2.75, 3.05) is 13.2 Å². The maximum atomic E-state index is 13.1. The Kier molecular flexibility index (Phi) is 4.06. The van der Waals surface area contributed by atoms with Gasteiger partial charge in [0.2, 0.25) is 5.82 Å². The highest BCUT2D eigenvalue weighted by atomic mass is 19.1. The molecule has 1 unspecified atom stereocenters. The number of carbonyl (C=O) groups excluding carboxylic acids is 1. The molecule has 1 fully saturated rings. The Bertz CT molecular complexity index is 499. The van der Waals surface area contributed by atoms with Gasteiger partial charge in [-0.05, 0) is 25.0 Å². The molecule has 0 N–H and O–H groups in total. The van der Waals surface area contributed by atoms with Crippen molar-refractivity contribution in [3.63, 3.8) is 0 Å². The van der Waals surface area contributed by atoms with Crippen LogP contribution in [-0.4, -0.2) is 30.2 Å².